The number of benzene rings is 2. The Morgan fingerprint density at radius 3 is 2.63 bits per heavy atom. The molecule has 0 fully saturated rings. The van der Waals surface area contributed by atoms with Gasteiger partial charge in [0.2, 0.25) is 0 Å². The van der Waals surface area contributed by atoms with Crippen LogP contribution in [0.5, 0.6) is 0 Å². The lowest BCUT2D eigenvalue weighted by Gasteiger charge is -2.22. The predicted octanol–water partition coefficient (Wildman–Crippen LogP) is 4.80. The molecule has 1 atom stereocenters. The summed E-state index contributed by atoms with van der Waals surface area (Å²) in [5, 5.41) is 0.528. The van der Waals surface area contributed by atoms with Gasteiger partial charge in [-0.25, -0.2) is 4.98 Å². The van der Waals surface area contributed by atoms with Gasteiger partial charge in [-0.05, 0) is 37.7 Å². The fraction of sp³-hybridized carbons (Fsp3) is 0.300. The van der Waals surface area contributed by atoms with Crippen LogP contribution in [-0.4, -0.2) is 40.5 Å². The predicted molar refractivity (Wildman–Crippen MR) is 114 cm³/mol. The van der Waals surface area contributed by atoms with Crippen LogP contribution in [-0.2, 0) is 0 Å². The number of aryl methyl sites for hydroxylation is 1. The minimum atomic E-state index is -0.507. The summed E-state index contributed by atoms with van der Waals surface area (Å²) in [6.07, 6.45) is 0. The van der Waals surface area contributed by atoms with Gasteiger partial charge in [0.05, 0.1) is 21.6 Å². The minimum absolute atomic E-state index is 0.174. The fourth-order valence-corrected chi connectivity index (χ4v) is 3.97. The second-order valence-electron chi connectivity index (χ2n) is 6.45. The molecule has 2 aromatic carbocycles. The summed E-state index contributed by atoms with van der Waals surface area (Å²) in [4.78, 5) is 20.2. The van der Waals surface area contributed by atoms with Crippen molar-refractivity contribution in [2.24, 2.45) is 0 Å². The van der Waals surface area contributed by atoms with E-state index >= 15 is 0 Å². The molecule has 0 N–H and O–H groups in total. The van der Waals surface area contributed by atoms with Crippen LogP contribution in [0, 0.1) is 6.92 Å². The molecule has 0 amide bonds. The van der Waals surface area contributed by atoms with Crippen LogP contribution >= 0.6 is 34.8 Å². The summed E-state index contributed by atoms with van der Waals surface area (Å²) in [6, 6.07) is 12.8. The van der Waals surface area contributed by atoms with Gasteiger partial charge in [-0.1, -0.05) is 35.9 Å². The normalized spacial score (nSPS) is 12.7. The highest BCUT2D eigenvalue weighted by atomic mass is 35.5. The smallest absolute Gasteiger partial charge is 0.266 e. The van der Waals surface area contributed by atoms with Crippen molar-refractivity contribution in [2.75, 3.05) is 26.0 Å². The van der Waals surface area contributed by atoms with Gasteiger partial charge in [-0.15, -0.1) is 23.2 Å². The third-order valence-electron chi connectivity index (χ3n) is 4.44. The van der Waals surface area contributed by atoms with Gasteiger partial charge in [0.1, 0.15) is 11.2 Å². The Balaban J connectivity index is 2.27. The third kappa shape index (κ3) is 4.14. The highest BCUT2D eigenvalue weighted by Gasteiger charge is 2.22. The zero-order chi connectivity index (χ0) is 19.6. The number of rotatable bonds is 6. The van der Waals surface area contributed by atoms with Crippen LogP contribution in [0.2, 0.25) is 5.02 Å². The molecule has 1 aromatic heterocycles. The number of para-hydroxylation sites is 1. The Hall–Kier alpha value is -1.59. The maximum Gasteiger partial charge on any atom is 0.266 e. The van der Waals surface area contributed by atoms with Gasteiger partial charge in [0.15, 0.2) is 0 Å². The van der Waals surface area contributed by atoms with Crippen molar-refractivity contribution in [3.8, 4) is 5.69 Å². The number of alkyl halides is 2. The molecule has 0 aliphatic rings. The van der Waals surface area contributed by atoms with Gasteiger partial charge in [-0.3, -0.25) is 9.36 Å². The Morgan fingerprint density at radius 1 is 1.19 bits per heavy atom. The molecule has 0 bridgehead atoms. The summed E-state index contributed by atoms with van der Waals surface area (Å²) in [7, 11) is 1.93. The lowest BCUT2D eigenvalue weighted by Crippen LogP contribution is -2.30. The summed E-state index contributed by atoms with van der Waals surface area (Å²) in [5.74, 6) is 0.969. The summed E-state index contributed by atoms with van der Waals surface area (Å²) in [5.41, 5.74) is 1.89. The molecule has 1 unspecified atom stereocenters. The van der Waals surface area contributed by atoms with E-state index in [0.29, 0.717) is 46.4 Å². The Bertz CT molecular complexity index is 1020. The first kappa shape index (κ1) is 20.2. The molecule has 0 spiro atoms. The zero-order valence-corrected chi connectivity index (χ0v) is 17.4. The van der Waals surface area contributed by atoms with Crippen molar-refractivity contribution < 1.29 is 0 Å². The first-order chi connectivity index (χ1) is 12.9. The number of hydrogen-bond donors (Lipinski definition) is 0. The first-order valence-electron chi connectivity index (χ1n) is 8.59. The van der Waals surface area contributed by atoms with Crippen molar-refractivity contribution in [2.45, 2.75) is 12.3 Å². The van der Waals surface area contributed by atoms with Crippen LogP contribution in [0.1, 0.15) is 16.8 Å². The van der Waals surface area contributed by atoms with Gasteiger partial charge in [0, 0.05) is 19.0 Å². The van der Waals surface area contributed by atoms with Crippen LogP contribution in [0.4, 0.5) is 0 Å². The number of likely N-dealkylation sites (N-methyl/N-ethyl adjacent to an activating group) is 1. The highest BCUT2D eigenvalue weighted by Crippen LogP contribution is 2.27. The van der Waals surface area contributed by atoms with Gasteiger partial charge in [-0.2, -0.15) is 0 Å². The second kappa shape index (κ2) is 8.61. The molecule has 1 heterocycles. The molecule has 0 aliphatic carbocycles. The second-order valence-corrected chi connectivity index (χ2v) is 7.76. The molecule has 3 rings (SSSR count). The molecule has 27 heavy (non-hydrogen) atoms. The average molecular weight is 425 g/mol. The van der Waals surface area contributed by atoms with Gasteiger partial charge < -0.3 is 4.90 Å². The van der Waals surface area contributed by atoms with E-state index in [9.17, 15) is 4.79 Å². The topological polar surface area (TPSA) is 38.1 Å². The molecule has 3 aromatic rings. The first-order valence-corrected chi connectivity index (χ1v) is 9.94. The van der Waals surface area contributed by atoms with E-state index in [2.05, 4.69) is 0 Å². The van der Waals surface area contributed by atoms with Crippen molar-refractivity contribution in [1.82, 2.24) is 14.5 Å². The summed E-state index contributed by atoms with van der Waals surface area (Å²) < 4.78 is 1.53. The largest absolute Gasteiger partial charge is 0.303 e. The number of nitrogens with zero attached hydrogens (tertiary/aromatic N) is 3. The van der Waals surface area contributed by atoms with Gasteiger partial charge in [0.25, 0.3) is 5.56 Å². The number of aromatic nitrogens is 2. The molecule has 0 saturated carbocycles. The molecule has 0 radical (unpaired) electrons. The fourth-order valence-electron chi connectivity index (χ4n) is 3.08. The van der Waals surface area contributed by atoms with Crippen LogP contribution in [0.3, 0.4) is 0 Å². The number of halogens is 3. The van der Waals surface area contributed by atoms with E-state index in [0.717, 1.165) is 5.56 Å². The van der Waals surface area contributed by atoms with Crippen molar-refractivity contribution >= 4 is 45.7 Å². The van der Waals surface area contributed by atoms with Crippen LogP contribution < -0.4 is 5.56 Å². The average Bonchev–Trinajstić information content (AvgIpc) is 2.62. The Kier molecular flexibility index (Phi) is 6.43. The Morgan fingerprint density at radius 2 is 1.93 bits per heavy atom. The summed E-state index contributed by atoms with van der Waals surface area (Å²) >= 11 is 18.9. The third-order valence-corrected chi connectivity index (χ3v) is 5.27. The lowest BCUT2D eigenvalue weighted by atomic mass is 10.1. The van der Waals surface area contributed by atoms with Gasteiger partial charge >= 0.3 is 0 Å². The monoisotopic (exact) mass is 423 g/mol. The molecular formula is C20H20Cl3N3O. The van der Waals surface area contributed by atoms with E-state index in [1.165, 1.54) is 4.57 Å². The van der Waals surface area contributed by atoms with Crippen LogP contribution in [0.15, 0.2) is 47.3 Å². The molecule has 0 aliphatic heterocycles. The molecule has 7 heteroatoms. The zero-order valence-electron chi connectivity index (χ0n) is 15.1. The van der Waals surface area contributed by atoms with E-state index < -0.39 is 5.38 Å². The SMILES string of the molecule is Cc1cccc2nc(C(Cl)CN(C)CCCl)n(-c3ccccc3Cl)c(=O)c12. The molecular weight excluding hydrogens is 405 g/mol. The van der Waals surface area contributed by atoms with Crippen LogP contribution in [0.25, 0.3) is 16.6 Å². The Labute approximate surface area is 173 Å². The maximum atomic E-state index is 13.4. The van der Waals surface area contributed by atoms with E-state index in [1.807, 2.05) is 49.2 Å². The van der Waals surface area contributed by atoms with E-state index in [4.69, 9.17) is 39.8 Å². The van der Waals surface area contributed by atoms with Crippen molar-refractivity contribution in [3.63, 3.8) is 0 Å². The summed E-state index contributed by atoms with van der Waals surface area (Å²) in [6.45, 7) is 3.09. The number of hydrogen-bond acceptors (Lipinski definition) is 3. The van der Waals surface area contributed by atoms with Crippen molar-refractivity contribution in [1.29, 1.82) is 0 Å². The minimum Gasteiger partial charge on any atom is -0.303 e. The van der Waals surface area contributed by atoms with E-state index in [-0.39, 0.29) is 5.56 Å². The molecule has 142 valence electrons. The molecule has 0 saturated heterocycles. The van der Waals surface area contributed by atoms with Crippen molar-refractivity contribution in [3.05, 3.63) is 69.2 Å². The van der Waals surface area contributed by atoms with E-state index in [1.54, 1.807) is 12.1 Å². The quantitative estimate of drug-likeness (QED) is 0.534. The number of fused-ring (bicyclic) bond motifs is 1. The lowest BCUT2D eigenvalue weighted by molar-refractivity contribution is 0.350. The maximum absolute atomic E-state index is 13.4. The standard InChI is InChI=1S/C20H20Cl3N3O/c1-13-6-5-8-16-18(13)20(27)26(17-9-4-3-7-14(17)22)19(24-16)15(23)12-25(2)11-10-21/h3-9,15H,10-12H2,1-2H3. The highest BCUT2D eigenvalue weighted by molar-refractivity contribution is 6.32. The molecule has 4 nitrogen and oxygen atoms in total.